The third-order valence-corrected chi connectivity index (χ3v) is 3.98. The molecule has 2 aromatic carbocycles. The Bertz CT molecular complexity index is 558. The topological polar surface area (TPSA) is 38.0 Å². The van der Waals surface area contributed by atoms with Gasteiger partial charge in [0, 0.05) is 14.5 Å². The van der Waals surface area contributed by atoms with E-state index in [1.165, 1.54) is 5.56 Å². The SMILES string of the molecule is NNC(Cc1ccc(Br)cc1)c1ccc(Cl)cc1Cl. The molecule has 0 bridgehead atoms. The molecule has 0 saturated heterocycles. The summed E-state index contributed by atoms with van der Waals surface area (Å²) in [6, 6.07) is 13.5. The molecule has 0 aliphatic heterocycles. The summed E-state index contributed by atoms with van der Waals surface area (Å²) in [7, 11) is 0. The number of nitrogens with one attached hydrogen (secondary N) is 1. The van der Waals surface area contributed by atoms with Crippen LogP contribution in [0.4, 0.5) is 0 Å². The first-order valence-corrected chi connectivity index (χ1v) is 7.30. The number of nitrogens with two attached hydrogens (primary N) is 1. The second kappa shape index (κ2) is 6.73. The molecular weight excluding hydrogens is 347 g/mol. The van der Waals surface area contributed by atoms with Crippen LogP contribution in [0.25, 0.3) is 0 Å². The van der Waals surface area contributed by atoms with Gasteiger partial charge in [-0.15, -0.1) is 0 Å². The number of hydrazine groups is 1. The van der Waals surface area contributed by atoms with E-state index in [0.717, 1.165) is 16.5 Å². The standard InChI is InChI=1S/C14H13BrCl2N2/c15-10-3-1-9(2-4-10)7-14(19-18)12-6-5-11(16)8-13(12)17/h1-6,8,14,19H,7,18H2. The van der Waals surface area contributed by atoms with Gasteiger partial charge in [0.15, 0.2) is 0 Å². The molecule has 1 unspecified atom stereocenters. The van der Waals surface area contributed by atoms with Crippen molar-refractivity contribution in [2.24, 2.45) is 5.84 Å². The molecule has 2 rings (SSSR count). The highest BCUT2D eigenvalue weighted by Gasteiger charge is 2.14. The first kappa shape index (κ1) is 14.8. The molecule has 0 spiro atoms. The van der Waals surface area contributed by atoms with Crippen molar-refractivity contribution in [3.63, 3.8) is 0 Å². The molecule has 100 valence electrons. The summed E-state index contributed by atoms with van der Waals surface area (Å²) in [5, 5.41) is 1.24. The predicted octanol–water partition coefficient (Wildman–Crippen LogP) is 4.50. The van der Waals surface area contributed by atoms with Crippen LogP contribution in [0.1, 0.15) is 17.2 Å². The molecule has 3 N–H and O–H groups in total. The average molecular weight is 360 g/mol. The highest BCUT2D eigenvalue weighted by atomic mass is 79.9. The lowest BCUT2D eigenvalue weighted by molar-refractivity contribution is 0.552. The monoisotopic (exact) mass is 358 g/mol. The van der Waals surface area contributed by atoms with Gasteiger partial charge in [-0.05, 0) is 41.8 Å². The molecule has 0 radical (unpaired) electrons. The van der Waals surface area contributed by atoms with E-state index in [1.807, 2.05) is 24.3 Å². The zero-order valence-corrected chi connectivity index (χ0v) is 13.1. The third kappa shape index (κ3) is 3.94. The van der Waals surface area contributed by atoms with E-state index >= 15 is 0 Å². The molecule has 0 aromatic heterocycles. The van der Waals surface area contributed by atoms with Crippen LogP contribution in [0.2, 0.25) is 10.0 Å². The minimum atomic E-state index is -0.0501. The molecule has 0 aliphatic carbocycles. The Morgan fingerprint density at radius 2 is 1.79 bits per heavy atom. The first-order chi connectivity index (χ1) is 9.10. The van der Waals surface area contributed by atoms with Crippen LogP contribution in [0.3, 0.4) is 0 Å². The highest BCUT2D eigenvalue weighted by molar-refractivity contribution is 9.10. The first-order valence-electron chi connectivity index (χ1n) is 5.75. The van der Waals surface area contributed by atoms with Crippen LogP contribution in [0, 0.1) is 0 Å². The van der Waals surface area contributed by atoms with Crippen LogP contribution < -0.4 is 11.3 Å². The van der Waals surface area contributed by atoms with Crippen LogP contribution >= 0.6 is 39.1 Å². The van der Waals surface area contributed by atoms with Gasteiger partial charge in [0.25, 0.3) is 0 Å². The van der Waals surface area contributed by atoms with E-state index < -0.39 is 0 Å². The molecule has 2 nitrogen and oxygen atoms in total. The molecule has 0 amide bonds. The van der Waals surface area contributed by atoms with E-state index in [-0.39, 0.29) is 6.04 Å². The third-order valence-electron chi connectivity index (χ3n) is 2.89. The van der Waals surface area contributed by atoms with Crippen molar-refractivity contribution in [1.29, 1.82) is 0 Å². The zero-order chi connectivity index (χ0) is 13.8. The average Bonchev–Trinajstić information content (AvgIpc) is 2.39. The van der Waals surface area contributed by atoms with Gasteiger partial charge in [0.1, 0.15) is 0 Å². The van der Waals surface area contributed by atoms with Crippen LogP contribution in [0.5, 0.6) is 0 Å². The molecular formula is C14H13BrCl2N2. The molecule has 0 fully saturated rings. The van der Waals surface area contributed by atoms with Gasteiger partial charge in [-0.3, -0.25) is 11.3 Å². The van der Waals surface area contributed by atoms with Gasteiger partial charge in [-0.1, -0.05) is 57.3 Å². The van der Waals surface area contributed by atoms with Crippen molar-refractivity contribution in [1.82, 2.24) is 5.43 Å². The lowest BCUT2D eigenvalue weighted by atomic mass is 9.99. The Morgan fingerprint density at radius 3 is 2.37 bits per heavy atom. The van der Waals surface area contributed by atoms with Crippen molar-refractivity contribution >= 4 is 39.1 Å². The predicted molar refractivity (Wildman–Crippen MR) is 84.4 cm³/mol. The highest BCUT2D eigenvalue weighted by Crippen LogP contribution is 2.28. The molecule has 5 heteroatoms. The maximum Gasteiger partial charge on any atom is 0.0515 e. The largest absolute Gasteiger partial charge is 0.271 e. The zero-order valence-electron chi connectivity index (χ0n) is 10.0. The second-order valence-electron chi connectivity index (χ2n) is 4.22. The normalized spacial score (nSPS) is 12.4. The minimum Gasteiger partial charge on any atom is -0.271 e. The Balaban J connectivity index is 2.22. The summed E-state index contributed by atoms with van der Waals surface area (Å²) in [5.74, 6) is 5.64. The van der Waals surface area contributed by atoms with Crippen LogP contribution in [-0.2, 0) is 6.42 Å². The number of benzene rings is 2. The van der Waals surface area contributed by atoms with Crippen molar-refractivity contribution in [2.45, 2.75) is 12.5 Å². The Kier molecular flexibility index (Phi) is 5.25. The van der Waals surface area contributed by atoms with Gasteiger partial charge < -0.3 is 0 Å². The molecule has 2 aromatic rings. The fourth-order valence-electron chi connectivity index (χ4n) is 1.90. The lowest BCUT2D eigenvalue weighted by Crippen LogP contribution is -2.29. The maximum absolute atomic E-state index is 6.21. The summed E-state index contributed by atoms with van der Waals surface area (Å²) in [4.78, 5) is 0. The van der Waals surface area contributed by atoms with Crippen molar-refractivity contribution in [3.8, 4) is 0 Å². The Morgan fingerprint density at radius 1 is 1.11 bits per heavy atom. The van der Waals surface area contributed by atoms with E-state index in [9.17, 15) is 0 Å². The van der Waals surface area contributed by atoms with E-state index in [2.05, 4.69) is 33.5 Å². The summed E-state index contributed by atoms with van der Waals surface area (Å²) in [6.45, 7) is 0. The van der Waals surface area contributed by atoms with E-state index in [1.54, 1.807) is 6.07 Å². The van der Waals surface area contributed by atoms with Gasteiger partial charge in [0.2, 0.25) is 0 Å². The number of rotatable bonds is 4. The maximum atomic E-state index is 6.21. The van der Waals surface area contributed by atoms with Gasteiger partial charge in [0.05, 0.1) is 6.04 Å². The molecule has 1 atom stereocenters. The quantitative estimate of drug-likeness (QED) is 0.622. The smallest absolute Gasteiger partial charge is 0.0515 e. The summed E-state index contributed by atoms with van der Waals surface area (Å²) in [6.07, 6.45) is 0.755. The van der Waals surface area contributed by atoms with Gasteiger partial charge in [-0.2, -0.15) is 0 Å². The number of hydrogen-bond acceptors (Lipinski definition) is 2. The van der Waals surface area contributed by atoms with Crippen LogP contribution in [-0.4, -0.2) is 0 Å². The van der Waals surface area contributed by atoms with E-state index in [4.69, 9.17) is 29.0 Å². The Hall–Kier alpha value is -0.580. The number of hydrogen-bond donors (Lipinski definition) is 2. The van der Waals surface area contributed by atoms with Crippen molar-refractivity contribution in [2.75, 3.05) is 0 Å². The summed E-state index contributed by atoms with van der Waals surface area (Å²) < 4.78 is 1.05. The van der Waals surface area contributed by atoms with Gasteiger partial charge >= 0.3 is 0 Å². The van der Waals surface area contributed by atoms with E-state index in [0.29, 0.717) is 10.0 Å². The fraction of sp³-hybridized carbons (Fsp3) is 0.143. The minimum absolute atomic E-state index is 0.0501. The van der Waals surface area contributed by atoms with Crippen molar-refractivity contribution < 1.29 is 0 Å². The van der Waals surface area contributed by atoms with Gasteiger partial charge in [-0.25, -0.2) is 0 Å². The second-order valence-corrected chi connectivity index (χ2v) is 5.97. The number of halogens is 3. The van der Waals surface area contributed by atoms with Crippen molar-refractivity contribution in [3.05, 3.63) is 68.1 Å². The molecule has 0 aliphatic rings. The summed E-state index contributed by atoms with van der Waals surface area (Å²) in [5.41, 5.74) is 4.92. The molecule has 19 heavy (non-hydrogen) atoms. The molecule has 0 heterocycles. The lowest BCUT2D eigenvalue weighted by Gasteiger charge is -2.18. The Labute approximate surface area is 131 Å². The van der Waals surface area contributed by atoms with Crippen LogP contribution in [0.15, 0.2) is 46.9 Å². The fourth-order valence-corrected chi connectivity index (χ4v) is 2.70. The summed E-state index contributed by atoms with van der Waals surface area (Å²) >= 11 is 15.5. The molecule has 0 saturated carbocycles.